The summed E-state index contributed by atoms with van der Waals surface area (Å²) in [6, 6.07) is 0. The number of piperidine rings is 1. The molecule has 0 aromatic carbocycles. The molecule has 1 atom stereocenters. The number of fused-ring (bicyclic) bond motifs is 1. The zero-order valence-electron chi connectivity index (χ0n) is 14.4. The first kappa shape index (κ1) is 16.1. The third-order valence-corrected chi connectivity index (χ3v) is 5.09. The third kappa shape index (κ3) is 3.50. The van der Waals surface area contributed by atoms with E-state index in [1.165, 1.54) is 0 Å². The molecule has 0 unspecified atom stereocenters. The zero-order chi connectivity index (χ0) is 17.2. The maximum Gasteiger partial charge on any atom is 0.232 e. The van der Waals surface area contributed by atoms with Gasteiger partial charge in [-0.1, -0.05) is 0 Å². The van der Waals surface area contributed by atoms with Crippen LogP contribution in [0.3, 0.4) is 0 Å². The number of aromatic amines is 1. The van der Waals surface area contributed by atoms with E-state index in [2.05, 4.69) is 19.9 Å². The SMILES string of the molecule is Cc1nc2c([nH]1)C[C@@H](C(=O)N1CCC(Oc3cnccn3)CC1)CC2. The molecule has 1 amide bonds. The average molecular weight is 341 g/mol. The van der Waals surface area contributed by atoms with Crippen LogP contribution in [-0.2, 0) is 17.6 Å². The van der Waals surface area contributed by atoms with Crippen molar-refractivity contribution in [3.05, 3.63) is 35.8 Å². The van der Waals surface area contributed by atoms with E-state index in [4.69, 9.17) is 4.74 Å². The molecule has 7 heteroatoms. The van der Waals surface area contributed by atoms with Gasteiger partial charge in [-0.2, -0.15) is 0 Å². The van der Waals surface area contributed by atoms with Gasteiger partial charge in [0.15, 0.2) is 0 Å². The maximum absolute atomic E-state index is 12.9. The van der Waals surface area contributed by atoms with Gasteiger partial charge in [-0.05, 0) is 19.8 Å². The van der Waals surface area contributed by atoms with Crippen molar-refractivity contribution in [2.75, 3.05) is 13.1 Å². The Balaban J connectivity index is 1.31. The highest BCUT2D eigenvalue weighted by Crippen LogP contribution is 2.27. The molecule has 0 bridgehead atoms. The fourth-order valence-corrected chi connectivity index (χ4v) is 3.80. The topological polar surface area (TPSA) is 84.0 Å². The highest BCUT2D eigenvalue weighted by atomic mass is 16.5. The molecular weight excluding hydrogens is 318 g/mol. The number of rotatable bonds is 3. The van der Waals surface area contributed by atoms with E-state index in [0.717, 1.165) is 62.4 Å². The lowest BCUT2D eigenvalue weighted by molar-refractivity contribution is -0.137. The lowest BCUT2D eigenvalue weighted by atomic mass is 9.88. The largest absolute Gasteiger partial charge is 0.473 e. The number of likely N-dealkylation sites (tertiary alicyclic amines) is 1. The summed E-state index contributed by atoms with van der Waals surface area (Å²) >= 11 is 0. The maximum atomic E-state index is 12.9. The van der Waals surface area contributed by atoms with Gasteiger partial charge in [0.2, 0.25) is 11.8 Å². The predicted molar refractivity (Wildman–Crippen MR) is 91.1 cm³/mol. The van der Waals surface area contributed by atoms with Gasteiger partial charge in [-0.15, -0.1) is 0 Å². The van der Waals surface area contributed by atoms with E-state index in [9.17, 15) is 4.79 Å². The molecule has 2 aliphatic rings. The van der Waals surface area contributed by atoms with Crippen LogP contribution >= 0.6 is 0 Å². The second-order valence-electron chi connectivity index (χ2n) is 6.87. The Bertz CT molecular complexity index is 737. The molecule has 1 aliphatic heterocycles. The Morgan fingerprint density at radius 1 is 1.28 bits per heavy atom. The summed E-state index contributed by atoms with van der Waals surface area (Å²) in [5.41, 5.74) is 2.28. The van der Waals surface area contributed by atoms with Crippen LogP contribution in [0.5, 0.6) is 5.88 Å². The van der Waals surface area contributed by atoms with E-state index >= 15 is 0 Å². The number of carbonyl (C=O) groups excluding carboxylic acids is 1. The van der Waals surface area contributed by atoms with Crippen LogP contribution in [0.25, 0.3) is 0 Å². The highest BCUT2D eigenvalue weighted by molar-refractivity contribution is 5.79. The lowest BCUT2D eigenvalue weighted by Gasteiger charge is -2.34. The Kier molecular flexibility index (Phi) is 4.38. The molecule has 1 aliphatic carbocycles. The number of aromatic nitrogens is 4. The van der Waals surface area contributed by atoms with Crippen LogP contribution in [0.4, 0.5) is 0 Å². The van der Waals surface area contributed by atoms with Crippen LogP contribution in [0.2, 0.25) is 0 Å². The van der Waals surface area contributed by atoms with Crippen LogP contribution < -0.4 is 4.74 Å². The molecule has 1 fully saturated rings. The van der Waals surface area contributed by atoms with E-state index < -0.39 is 0 Å². The van der Waals surface area contributed by atoms with Gasteiger partial charge in [0.05, 0.1) is 11.9 Å². The molecule has 3 heterocycles. The number of hydrogen-bond acceptors (Lipinski definition) is 5. The van der Waals surface area contributed by atoms with Crippen LogP contribution in [0.15, 0.2) is 18.6 Å². The van der Waals surface area contributed by atoms with Crippen LogP contribution in [0.1, 0.15) is 36.5 Å². The number of carbonyl (C=O) groups is 1. The van der Waals surface area contributed by atoms with Crippen molar-refractivity contribution in [1.29, 1.82) is 0 Å². The van der Waals surface area contributed by atoms with Crippen LogP contribution in [0, 0.1) is 12.8 Å². The lowest BCUT2D eigenvalue weighted by Crippen LogP contribution is -2.45. The molecule has 132 valence electrons. The summed E-state index contributed by atoms with van der Waals surface area (Å²) in [5, 5.41) is 0. The summed E-state index contributed by atoms with van der Waals surface area (Å²) in [5.74, 6) is 1.85. The molecule has 0 saturated carbocycles. The fraction of sp³-hybridized carbons (Fsp3) is 0.556. The summed E-state index contributed by atoms with van der Waals surface area (Å²) in [4.78, 5) is 30.8. The first-order valence-electron chi connectivity index (χ1n) is 8.95. The van der Waals surface area contributed by atoms with Gasteiger partial charge in [0.1, 0.15) is 11.9 Å². The summed E-state index contributed by atoms with van der Waals surface area (Å²) in [6.45, 7) is 3.46. The molecule has 1 saturated heterocycles. The first-order chi connectivity index (χ1) is 12.2. The number of aryl methyl sites for hydroxylation is 2. The number of H-pyrrole nitrogens is 1. The Morgan fingerprint density at radius 3 is 2.88 bits per heavy atom. The zero-order valence-corrected chi connectivity index (χ0v) is 14.4. The van der Waals surface area contributed by atoms with Crippen molar-refractivity contribution in [2.45, 2.75) is 45.1 Å². The van der Waals surface area contributed by atoms with Crippen molar-refractivity contribution in [2.24, 2.45) is 5.92 Å². The monoisotopic (exact) mass is 341 g/mol. The number of imidazole rings is 1. The number of hydrogen-bond donors (Lipinski definition) is 1. The Hall–Kier alpha value is -2.44. The molecular formula is C18H23N5O2. The fourth-order valence-electron chi connectivity index (χ4n) is 3.80. The number of amides is 1. The van der Waals surface area contributed by atoms with Crippen LogP contribution in [-0.4, -0.2) is 49.9 Å². The minimum absolute atomic E-state index is 0.0739. The van der Waals surface area contributed by atoms with Gasteiger partial charge in [-0.3, -0.25) is 9.78 Å². The van der Waals surface area contributed by atoms with Crippen molar-refractivity contribution >= 4 is 5.91 Å². The number of nitrogens with zero attached hydrogens (tertiary/aromatic N) is 4. The Labute approximate surface area is 146 Å². The summed E-state index contributed by atoms with van der Waals surface area (Å²) < 4.78 is 5.85. The van der Waals surface area contributed by atoms with E-state index in [-0.39, 0.29) is 17.9 Å². The second-order valence-corrected chi connectivity index (χ2v) is 6.87. The van der Waals surface area contributed by atoms with Crippen molar-refractivity contribution in [3.63, 3.8) is 0 Å². The van der Waals surface area contributed by atoms with Gasteiger partial charge in [0, 0.05) is 56.4 Å². The minimum Gasteiger partial charge on any atom is -0.473 e. The molecule has 0 radical (unpaired) electrons. The van der Waals surface area contributed by atoms with Gasteiger partial charge < -0.3 is 14.6 Å². The minimum atomic E-state index is 0.0739. The molecule has 2 aromatic heterocycles. The second kappa shape index (κ2) is 6.82. The Morgan fingerprint density at radius 2 is 2.12 bits per heavy atom. The molecule has 2 aromatic rings. The van der Waals surface area contributed by atoms with Crippen molar-refractivity contribution in [1.82, 2.24) is 24.8 Å². The quantitative estimate of drug-likeness (QED) is 0.918. The average Bonchev–Trinajstić information content (AvgIpc) is 3.02. The molecule has 1 N–H and O–H groups in total. The van der Waals surface area contributed by atoms with E-state index in [1.54, 1.807) is 18.6 Å². The molecule has 7 nitrogen and oxygen atoms in total. The highest BCUT2D eigenvalue weighted by Gasteiger charge is 2.32. The normalized spacial score (nSPS) is 21.0. The van der Waals surface area contributed by atoms with Crippen molar-refractivity contribution in [3.8, 4) is 5.88 Å². The van der Waals surface area contributed by atoms with Gasteiger partial charge >= 0.3 is 0 Å². The summed E-state index contributed by atoms with van der Waals surface area (Å²) in [6.07, 6.45) is 9.23. The van der Waals surface area contributed by atoms with Gasteiger partial charge in [0.25, 0.3) is 0 Å². The molecule has 4 rings (SSSR count). The van der Waals surface area contributed by atoms with E-state index in [1.807, 2.05) is 11.8 Å². The smallest absolute Gasteiger partial charge is 0.232 e. The molecule has 25 heavy (non-hydrogen) atoms. The predicted octanol–water partition coefficient (Wildman–Crippen LogP) is 1.68. The first-order valence-corrected chi connectivity index (χ1v) is 8.95. The molecule has 0 spiro atoms. The third-order valence-electron chi connectivity index (χ3n) is 5.09. The summed E-state index contributed by atoms with van der Waals surface area (Å²) in [7, 11) is 0. The van der Waals surface area contributed by atoms with Crippen molar-refractivity contribution < 1.29 is 9.53 Å². The van der Waals surface area contributed by atoms with Gasteiger partial charge in [-0.25, -0.2) is 9.97 Å². The number of ether oxygens (including phenoxy) is 1. The standard InChI is InChI=1S/C18H23N5O2/c1-12-21-15-3-2-13(10-16(15)22-12)18(24)23-8-4-14(5-9-23)25-17-11-19-6-7-20-17/h6-7,11,13-14H,2-5,8-10H2,1H3,(H,21,22)/t13-/m0/s1. The van der Waals surface area contributed by atoms with E-state index in [0.29, 0.717) is 5.88 Å². The number of nitrogens with one attached hydrogen (secondary N) is 1.